The number of halogens is 1. The van der Waals surface area contributed by atoms with Crippen molar-refractivity contribution >= 4 is 33.2 Å². The van der Waals surface area contributed by atoms with Gasteiger partial charge in [-0.1, -0.05) is 36.9 Å². The number of aryl methyl sites for hydroxylation is 1. The molecule has 1 N–H and O–H groups in total. The molecule has 24 heavy (non-hydrogen) atoms. The zero-order valence-electron chi connectivity index (χ0n) is 14.2. The molecule has 1 aliphatic carbocycles. The Balaban J connectivity index is 1.99. The maximum atomic E-state index is 12.2. The molecule has 134 valence electrons. The van der Waals surface area contributed by atoms with Crippen molar-refractivity contribution < 1.29 is 13.2 Å². The fraction of sp³-hybridized carbons (Fsp3) is 0.588. The van der Waals surface area contributed by atoms with Crippen LogP contribution in [0.2, 0.25) is 5.02 Å². The average molecular weight is 373 g/mol. The van der Waals surface area contributed by atoms with Gasteiger partial charge >= 0.3 is 0 Å². The third-order valence-corrected chi connectivity index (χ3v) is 6.04. The van der Waals surface area contributed by atoms with Crippen molar-refractivity contribution in [1.29, 1.82) is 0 Å². The Hall–Kier alpha value is -1.27. The van der Waals surface area contributed by atoms with Crippen molar-refractivity contribution in [2.75, 3.05) is 23.7 Å². The number of carbonyl (C=O) groups excluding carboxylic acids is 1. The summed E-state index contributed by atoms with van der Waals surface area (Å²) in [6, 6.07) is 5.16. The Bertz CT molecular complexity index is 685. The van der Waals surface area contributed by atoms with Crippen LogP contribution in [0.1, 0.15) is 37.7 Å². The van der Waals surface area contributed by atoms with Crippen LogP contribution in [-0.2, 0) is 14.8 Å². The van der Waals surface area contributed by atoms with Crippen LogP contribution in [0.5, 0.6) is 0 Å². The Morgan fingerprint density at radius 3 is 2.54 bits per heavy atom. The number of anilines is 1. The van der Waals surface area contributed by atoms with Gasteiger partial charge in [-0.25, -0.2) is 8.42 Å². The zero-order valence-corrected chi connectivity index (χ0v) is 15.8. The molecule has 5 nitrogen and oxygen atoms in total. The minimum absolute atomic E-state index is 0.0325. The molecule has 1 aromatic carbocycles. The SMILES string of the molecule is Cc1ccc(N(CCNC(=O)C2CCCCC2)S(C)(=O)=O)cc1Cl. The highest BCUT2D eigenvalue weighted by Gasteiger charge is 2.22. The number of sulfonamides is 1. The normalized spacial score (nSPS) is 16.0. The number of rotatable bonds is 6. The second kappa shape index (κ2) is 8.21. The number of nitrogens with zero attached hydrogens (tertiary/aromatic N) is 1. The largest absolute Gasteiger partial charge is 0.354 e. The summed E-state index contributed by atoms with van der Waals surface area (Å²) >= 11 is 6.10. The number of hydrogen-bond donors (Lipinski definition) is 1. The maximum Gasteiger partial charge on any atom is 0.232 e. The van der Waals surface area contributed by atoms with Gasteiger partial charge in [0.1, 0.15) is 0 Å². The number of benzene rings is 1. The summed E-state index contributed by atoms with van der Waals surface area (Å²) in [5.41, 5.74) is 1.40. The quantitative estimate of drug-likeness (QED) is 0.834. The van der Waals surface area contributed by atoms with E-state index in [9.17, 15) is 13.2 Å². The molecule has 0 atom stereocenters. The lowest BCUT2D eigenvalue weighted by Gasteiger charge is -2.24. The van der Waals surface area contributed by atoms with E-state index in [0.717, 1.165) is 37.5 Å². The summed E-state index contributed by atoms with van der Waals surface area (Å²) in [6.07, 6.45) is 6.39. The number of nitrogens with one attached hydrogen (secondary N) is 1. The molecule has 2 rings (SSSR count). The van der Waals surface area contributed by atoms with E-state index in [0.29, 0.717) is 10.7 Å². The number of hydrogen-bond acceptors (Lipinski definition) is 3. The first-order valence-corrected chi connectivity index (χ1v) is 10.5. The third-order valence-electron chi connectivity index (χ3n) is 4.43. The molecule has 0 heterocycles. The molecule has 0 aromatic heterocycles. The predicted molar refractivity (Wildman–Crippen MR) is 98.0 cm³/mol. The monoisotopic (exact) mass is 372 g/mol. The molecule has 0 radical (unpaired) electrons. The van der Waals surface area contributed by atoms with Crippen LogP contribution in [0.15, 0.2) is 18.2 Å². The van der Waals surface area contributed by atoms with E-state index in [4.69, 9.17) is 11.6 Å². The van der Waals surface area contributed by atoms with Crippen LogP contribution in [-0.4, -0.2) is 33.7 Å². The summed E-state index contributed by atoms with van der Waals surface area (Å²) in [5.74, 6) is 0.101. The van der Waals surface area contributed by atoms with Crippen LogP contribution in [0.3, 0.4) is 0 Å². The fourth-order valence-electron chi connectivity index (χ4n) is 3.01. The highest BCUT2D eigenvalue weighted by atomic mass is 35.5. The minimum Gasteiger partial charge on any atom is -0.354 e. The number of amides is 1. The molecule has 0 saturated heterocycles. The van der Waals surface area contributed by atoms with Crippen molar-refractivity contribution in [2.45, 2.75) is 39.0 Å². The predicted octanol–water partition coefficient (Wildman–Crippen LogP) is 3.11. The molecule has 1 saturated carbocycles. The zero-order chi connectivity index (χ0) is 17.7. The van der Waals surface area contributed by atoms with E-state index in [1.165, 1.54) is 10.7 Å². The molecular formula is C17H25ClN2O3S. The van der Waals surface area contributed by atoms with Gasteiger partial charge in [0, 0.05) is 17.5 Å². The van der Waals surface area contributed by atoms with Crippen molar-refractivity contribution in [3.05, 3.63) is 28.8 Å². The van der Waals surface area contributed by atoms with Gasteiger partial charge in [0.05, 0.1) is 18.5 Å². The second-order valence-corrected chi connectivity index (χ2v) is 8.71. The van der Waals surface area contributed by atoms with Crippen LogP contribution < -0.4 is 9.62 Å². The first kappa shape index (κ1) is 19.1. The van der Waals surface area contributed by atoms with Gasteiger partial charge in [-0.2, -0.15) is 0 Å². The molecule has 1 fully saturated rings. The van der Waals surface area contributed by atoms with Crippen molar-refractivity contribution in [3.63, 3.8) is 0 Å². The topological polar surface area (TPSA) is 66.5 Å². The number of carbonyl (C=O) groups is 1. The van der Waals surface area contributed by atoms with Crippen LogP contribution in [0, 0.1) is 12.8 Å². The molecule has 1 aliphatic rings. The lowest BCUT2D eigenvalue weighted by atomic mass is 9.89. The van der Waals surface area contributed by atoms with Gasteiger partial charge in [0.15, 0.2) is 0 Å². The summed E-state index contributed by atoms with van der Waals surface area (Å²) in [6.45, 7) is 2.34. The van der Waals surface area contributed by atoms with E-state index in [2.05, 4.69) is 5.32 Å². The van der Waals surface area contributed by atoms with E-state index >= 15 is 0 Å². The third kappa shape index (κ3) is 5.11. The Labute approximate surface area is 149 Å². The second-order valence-electron chi connectivity index (χ2n) is 6.39. The molecule has 0 unspecified atom stereocenters. The molecule has 1 amide bonds. The molecular weight excluding hydrogens is 348 g/mol. The Morgan fingerprint density at radius 2 is 1.96 bits per heavy atom. The Kier molecular flexibility index (Phi) is 6.52. The smallest absolute Gasteiger partial charge is 0.232 e. The summed E-state index contributed by atoms with van der Waals surface area (Å²) < 4.78 is 25.4. The van der Waals surface area contributed by atoms with E-state index in [1.54, 1.807) is 18.2 Å². The van der Waals surface area contributed by atoms with Gasteiger partial charge in [-0.15, -0.1) is 0 Å². The van der Waals surface area contributed by atoms with Crippen molar-refractivity contribution in [2.24, 2.45) is 5.92 Å². The van der Waals surface area contributed by atoms with E-state index < -0.39 is 10.0 Å². The molecule has 0 aliphatic heterocycles. The minimum atomic E-state index is -3.45. The molecule has 0 bridgehead atoms. The van der Waals surface area contributed by atoms with Crippen LogP contribution in [0.4, 0.5) is 5.69 Å². The average Bonchev–Trinajstić information content (AvgIpc) is 2.54. The highest BCUT2D eigenvalue weighted by Crippen LogP contribution is 2.25. The first-order valence-electron chi connectivity index (χ1n) is 8.30. The van der Waals surface area contributed by atoms with Gasteiger partial charge < -0.3 is 5.32 Å². The van der Waals surface area contributed by atoms with Crippen molar-refractivity contribution in [3.8, 4) is 0 Å². The summed E-state index contributed by atoms with van der Waals surface area (Å²) in [7, 11) is -3.45. The van der Waals surface area contributed by atoms with Gasteiger partial charge in [0.25, 0.3) is 0 Å². The van der Waals surface area contributed by atoms with Crippen LogP contribution >= 0.6 is 11.6 Å². The van der Waals surface area contributed by atoms with E-state index in [1.807, 2.05) is 6.92 Å². The van der Waals surface area contributed by atoms with E-state index in [-0.39, 0.29) is 24.9 Å². The molecule has 1 aromatic rings. The Morgan fingerprint density at radius 1 is 1.29 bits per heavy atom. The van der Waals surface area contributed by atoms with Crippen LogP contribution in [0.25, 0.3) is 0 Å². The fourth-order valence-corrected chi connectivity index (χ4v) is 4.11. The van der Waals surface area contributed by atoms with Gasteiger partial charge in [-0.05, 0) is 37.5 Å². The highest BCUT2D eigenvalue weighted by molar-refractivity contribution is 7.92. The molecule has 7 heteroatoms. The van der Waals surface area contributed by atoms with Crippen molar-refractivity contribution in [1.82, 2.24) is 5.32 Å². The summed E-state index contributed by atoms with van der Waals surface area (Å²) in [5, 5.41) is 3.39. The maximum absolute atomic E-state index is 12.2. The lowest BCUT2D eigenvalue weighted by Crippen LogP contribution is -2.40. The van der Waals surface area contributed by atoms with Gasteiger partial charge in [0.2, 0.25) is 15.9 Å². The lowest BCUT2D eigenvalue weighted by molar-refractivity contribution is -0.125. The van der Waals surface area contributed by atoms with Gasteiger partial charge in [-0.3, -0.25) is 9.10 Å². The molecule has 0 spiro atoms. The summed E-state index contributed by atoms with van der Waals surface area (Å²) in [4.78, 5) is 12.2. The first-order chi connectivity index (χ1) is 11.3. The standard InChI is InChI=1S/C17H25ClN2O3S/c1-13-8-9-15(12-16(13)18)20(24(2,22)23)11-10-19-17(21)14-6-4-3-5-7-14/h8-9,12,14H,3-7,10-11H2,1-2H3,(H,19,21).